The summed E-state index contributed by atoms with van der Waals surface area (Å²) in [6, 6.07) is 2.05. The molecule has 2 unspecified atom stereocenters. The Morgan fingerprint density at radius 3 is 2.79 bits per heavy atom. The summed E-state index contributed by atoms with van der Waals surface area (Å²) in [4.78, 5) is 24.5. The fourth-order valence-electron chi connectivity index (χ4n) is 1.96. The number of amides is 1. The predicted molar refractivity (Wildman–Crippen MR) is 67.6 cm³/mol. The Morgan fingerprint density at radius 1 is 1.47 bits per heavy atom. The van der Waals surface area contributed by atoms with Crippen molar-refractivity contribution in [3.63, 3.8) is 0 Å². The van der Waals surface area contributed by atoms with Crippen LogP contribution in [0.25, 0.3) is 0 Å². The van der Waals surface area contributed by atoms with Crippen LogP contribution in [0.1, 0.15) is 17.3 Å². The van der Waals surface area contributed by atoms with E-state index in [0.29, 0.717) is 0 Å². The number of hydrogen-bond acceptors (Lipinski definition) is 4. The molecule has 5 nitrogen and oxygen atoms in total. The fraction of sp³-hybridized carbons (Fsp3) is 0.333. The molecule has 1 saturated heterocycles. The molecule has 1 aromatic carbocycles. The molecule has 1 fully saturated rings. The van der Waals surface area contributed by atoms with E-state index in [0.717, 1.165) is 23.1 Å². The molecule has 0 aliphatic carbocycles. The number of hydrogen-bond donors (Lipinski definition) is 2. The number of carboxylic acids is 1. The van der Waals surface area contributed by atoms with E-state index < -0.39 is 23.7 Å². The molecule has 0 bridgehead atoms. The maximum Gasteiger partial charge on any atom is 0.327 e. The third-order valence-electron chi connectivity index (χ3n) is 2.93. The summed E-state index contributed by atoms with van der Waals surface area (Å²) in [7, 11) is 0. The summed E-state index contributed by atoms with van der Waals surface area (Å²) in [5.41, 5.74) is -0.222. The number of phenolic OH excluding ortho intramolecular Hbond substituents is 1. The van der Waals surface area contributed by atoms with E-state index in [1.54, 1.807) is 6.92 Å². The third-order valence-corrected chi connectivity index (χ3v) is 4.15. The molecule has 2 N–H and O–H groups in total. The molecule has 1 amide bonds. The highest BCUT2D eigenvalue weighted by Crippen LogP contribution is 2.32. The minimum Gasteiger partial charge on any atom is -0.507 e. The number of aromatic hydroxyl groups is 1. The van der Waals surface area contributed by atoms with E-state index in [9.17, 15) is 19.1 Å². The minimum atomic E-state index is -1.11. The molecule has 2 rings (SSSR count). The molecule has 2 atom stereocenters. The zero-order valence-electron chi connectivity index (χ0n) is 10.0. The molecule has 0 spiro atoms. The standard InChI is InChI=1S/C12H12FNO4S/c1-6-14(9(5-19-6)12(17)18)11(16)8-4-7(13)2-3-10(8)15/h2-4,6,9,15H,5H2,1H3,(H,17,18). The smallest absolute Gasteiger partial charge is 0.327 e. The van der Waals surface area contributed by atoms with Gasteiger partial charge in [0.1, 0.15) is 17.6 Å². The van der Waals surface area contributed by atoms with Gasteiger partial charge in [0.05, 0.1) is 10.9 Å². The number of carbonyl (C=O) groups excluding carboxylic acids is 1. The lowest BCUT2D eigenvalue weighted by Crippen LogP contribution is -2.44. The van der Waals surface area contributed by atoms with Gasteiger partial charge in [-0.05, 0) is 25.1 Å². The second-order valence-corrected chi connectivity index (χ2v) is 5.51. The molecular formula is C12H12FNO4S. The highest BCUT2D eigenvalue weighted by atomic mass is 32.2. The van der Waals surface area contributed by atoms with Crippen molar-refractivity contribution in [2.45, 2.75) is 18.3 Å². The van der Waals surface area contributed by atoms with E-state index in [1.807, 2.05) is 0 Å². The lowest BCUT2D eigenvalue weighted by atomic mass is 10.1. The topological polar surface area (TPSA) is 77.8 Å². The molecule has 1 aliphatic rings. The Bertz CT molecular complexity index is 536. The van der Waals surface area contributed by atoms with Crippen molar-refractivity contribution in [2.24, 2.45) is 0 Å². The number of carbonyl (C=O) groups is 2. The van der Waals surface area contributed by atoms with Crippen LogP contribution in [0.5, 0.6) is 5.75 Å². The molecule has 1 heterocycles. The van der Waals surface area contributed by atoms with E-state index in [1.165, 1.54) is 11.8 Å². The van der Waals surface area contributed by atoms with Crippen molar-refractivity contribution < 1.29 is 24.2 Å². The SMILES string of the molecule is CC1SCC(C(=O)O)N1C(=O)c1cc(F)ccc1O. The van der Waals surface area contributed by atoms with Gasteiger partial charge in [0.25, 0.3) is 5.91 Å². The lowest BCUT2D eigenvalue weighted by Gasteiger charge is -2.25. The molecule has 1 aromatic rings. The van der Waals surface area contributed by atoms with Crippen LogP contribution in [0.2, 0.25) is 0 Å². The second kappa shape index (κ2) is 5.08. The first-order valence-electron chi connectivity index (χ1n) is 5.57. The van der Waals surface area contributed by atoms with Gasteiger partial charge >= 0.3 is 5.97 Å². The summed E-state index contributed by atoms with van der Waals surface area (Å²) in [5, 5.41) is 18.3. The second-order valence-electron chi connectivity index (χ2n) is 4.16. The van der Waals surface area contributed by atoms with Gasteiger partial charge in [0.15, 0.2) is 0 Å². The van der Waals surface area contributed by atoms with E-state index >= 15 is 0 Å². The average molecular weight is 285 g/mol. The minimum absolute atomic E-state index is 0.222. The van der Waals surface area contributed by atoms with Crippen LogP contribution in [0, 0.1) is 5.82 Å². The monoisotopic (exact) mass is 285 g/mol. The average Bonchev–Trinajstić information content (AvgIpc) is 2.73. The van der Waals surface area contributed by atoms with Crippen LogP contribution >= 0.6 is 11.8 Å². The number of rotatable bonds is 2. The molecule has 19 heavy (non-hydrogen) atoms. The van der Waals surface area contributed by atoms with Crippen molar-refractivity contribution in [1.29, 1.82) is 0 Å². The maximum atomic E-state index is 13.1. The Kier molecular flexibility index (Phi) is 3.66. The fourth-order valence-corrected chi connectivity index (χ4v) is 3.13. The molecule has 0 saturated carbocycles. The van der Waals surface area contributed by atoms with Gasteiger partial charge in [0.2, 0.25) is 0 Å². The number of halogens is 1. The highest BCUT2D eigenvalue weighted by Gasteiger charge is 2.40. The van der Waals surface area contributed by atoms with Gasteiger partial charge in [-0.15, -0.1) is 11.8 Å². The van der Waals surface area contributed by atoms with Gasteiger partial charge in [-0.2, -0.15) is 0 Å². The lowest BCUT2D eigenvalue weighted by molar-refractivity contribution is -0.141. The van der Waals surface area contributed by atoms with E-state index in [-0.39, 0.29) is 22.4 Å². The Balaban J connectivity index is 2.37. The van der Waals surface area contributed by atoms with Gasteiger partial charge in [-0.1, -0.05) is 0 Å². The molecule has 102 valence electrons. The Hall–Kier alpha value is -1.76. The summed E-state index contributed by atoms with van der Waals surface area (Å²) in [6.07, 6.45) is 0. The van der Waals surface area contributed by atoms with Gasteiger partial charge < -0.3 is 15.1 Å². The summed E-state index contributed by atoms with van der Waals surface area (Å²) < 4.78 is 13.1. The molecule has 1 aliphatic heterocycles. The highest BCUT2D eigenvalue weighted by molar-refractivity contribution is 8.00. The van der Waals surface area contributed by atoms with Gasteiger partial charge in [-0.3, -0.25) is 4.79 Å². The van der Waals surface area contributed by atoms with Crippen molar-refractivity contribution in [2.75, 3.05) is 5.75 Å². The number of thioether (sulfide) groups is 1. The van der Waals surface area contributed by atoms with Crippen molar-refractivity contribution in [3.05, 3.63) is 29.6 Å². The van der Waals surface area contributed by atoms with Crippen LogP contribution in [-0.4, -0.2) is 44.2 Å². The quantitative estimate of drug-likeness (QED) is 0.861. The Morgan fingerprint density at radius 2 is 2.16 bits per heavy atom. The zero-order chi connectivity index (χ0) is 14.2. The van der Waals surface area contributed by atoms with Gasteiger partial charge in [0, 0.05) is 5.75 Å². The van der Waals surface area contributed by atoms with Crippen LogP contribution in [0.4, 0.5) is 4.39 Å². The number of aliphatic carboxylic acids is 1. The number of nitrogens with zero attached hydrogens (tertiary/aromatic N) is 1. The largest absolute Gasteiger partial charge is 0.507 e. The first-order chi connectivity index (χ1) is 8.91. The predicted octanol–water partition coefficient (Wildman–Crippen LogP) is 1.52. The van der Waals surface area contributed by atoms with E-state index in [2.05, 4.69) is 0 Å². The summed E-state index contributed by atoms with van der Waals surface area (Å²) in [6.45, 7) is 1.70. The first-order valence-corrected chi connectivity index (χ1v) is 6.62. The van der Waals surface area contributed by atoms with Crippen LogP contribution in [0.3, 0.4) is 0 Å². The molecule has 7 heteroatoms. The van der Waals surface area contributed by atoms with Crippen LogP contribution in [0.15, 0.2) is 18.2 Å². The Labute approximate surface area is 113 Å². The summed E-state index contributed by atoms with van der Waals surface area (Å²) >= 11 is 1.32. The summed E-state index contributed by atoms with van der Waals surface area (Å²) in [5.74, 6) is -2.53. The normalized spacial score (nSPS) is 22.5. The maximum absolute atomic E-state index is 13.1. The number of benzene rings is 1. The van der Waals surface area contributed by atoms with Gasteiger partial charge in [-0.25, -0.2) is 9.18 Å². The zero-order valence-corrected chi connectivity index (χ0v) is 10.9. The van der Waals surface area contributed by atoms with Crippen molar-refractivity contribution >= 4 is 23.6 Å². The van der Waals surface area contributed by atoms with E-state index in [4.69, 9.17) is 5.11 Å². The molecule has 0 aromatic heterocycles. The number of carboxylic acid groups (broad SMARTS) is 1. The molecule has 0 radical (unpaired) electrons. The number of phenols is 1. The third kappa shape index (κ3) is 2.51. The van der Waals surface area contributed by atoms with Crippen LogP contribution in [-0.2, 0) is 4.79 Å². The van der Waals surface area contributed by atoms with Crippen molar-refractivity contribution in [1.82, 2.24) is 4.90 Å². The van der Waals surface area contributed by atoms with Crippen molar-refractivity contribution in [3.8, 4) is 5.75 Å². The molecular weight excluding hydrogens is 273 g/mol. The first kappa shape index (κ1) is 13.7. The van der Waals surface area contributed by atoms with Crippen LogP contribution < -0.4 is 0 Å².